The van der Waals surface area contributed by atoms with Gasteiger partial charge in [-0.2, -0.15) is 0 Å². The number of furan rings is 1. The maximum atomic E-state index is 12.1. The molecular weight excluding hydrogens is 288 g/mol. The normalized spacial score (nSPS) is 17.3. The molecule has 1 aliphatic rings. The first-order valence-corrected chi connectivity index (χ1v) is 7.67. The van der Waals surface area contributed by atoms with Gasteiger partial charge in [-0.15, -0.1) is 11.3 Å². The Kier molecular flexibility index (Phi) is 3.55. The minimum Gasteiger partial charge on any atom is -0.459 e. The number of rotatable bonds is 3. The summed E-state index contributed by atoms with van der Waals surface area (Å²) in [4.78, 5) is 25.0. The van der Waals surface area contributed by atoms with Crippen molar-refractivity contribution in [3.8, 4) is 0 Å². The van der Waals surface area contributed by atoms with Crippen LogP contribution in [0.1, 0.15) is 44.7 Å². The first-order chi connectivity index (χ1) is 10.1. The fourth-order valence-electron chi connectivity index (χ4n) is 2.68. The maximum Gasteiger partial charge on any atom is 0.291 e. The molecule has 6 heteroatoms. The zero-order valence-corrected chi connectivity index (χ0v) is 12.5. The summed E-state index contributed by atoms with van der Waals surface area (Å²) in [7, 11) is 0. The lowest BCUT2D eigenvalue weighted by Crippen LogP contribution is -2.19. The van der Waals surface area contributed by atoms with Crippen LogP contribution in [0.25, 0.3) is 0 Å². The summed E-state index contributed by atoms with van der Waals surface area (Å²) in [5, 5.41) is 3.28. The molecule has 0 aromatic carbocycles. The molecule has 0 aliphatic heterocycles. The summed E-state index contributed by atoms with van der Waals surface area (Å²) in [6.45, 7) is 2.16. The number of carbonyl (C=O) groups is 2. The number of hydrogen-bond donors (Lipinski definition) is 2. The van der Waals surface area contributed by atoms with E-state index in [2.05, 4.69) is 12.2 Å². The molecule has 5 nitrogen and oxygen atoms in total. The molecule has 21 heavy (non-hydrogen) atoms. The Labute approximate surface area is 126 Å². The van der Waals surface area contributed by atoms with Gasteiger partial charge in [0.2, 0.25) is 0 Å². The van der Waals surface area contributed by atoms with E-state index in [0.29, 0.717) is 16.5 Å². The van der Waals surface area contributed by atoms with Crippen molar-refractivity contribution in [3.63, 3.8) is 0 Å². The molecule has 0 radical (unpaired) electrons. The van der Waals surface area contributed by atoms with Crippen molar-refractivity contribution in [2.24, 2.45) is 11.7 Å². The second-order valence-corrected chi connectivity index (χ2v) is 6.46. The Morgan fingerprint density at radius 1 is 1.48 bits per heavy atom. The topological polar surface area (TPSA) is 85.3 Å². The predicted octanol–water partition coefficient (Wildman–Crippen LogP) is 2.82. The van der Waals surface area contributed by atoms with Crippen LogP contribution in [0, 0.1) is 5.92 Å². The van der Waals surface area contributed by atoms with Gasteiger partial charge < -0.3 is 15.5 Å². The van der Waals surface area contributed by atoms with E-state index >= 15 is 0 Å². The molecule has 0 bridgehead atoms. The Balaban J connectivity index is 1.95. The van der Waals surface area contributed by atoms with E-state index in [0.717, 1.165) is 29.7 Å². The average molecular weight is 304 g/mol. The molecule has 0 saturated heterocycles. The molecule has 2 heterocycles. The first-order valence-electron chi connectivity index (χ1n) is 6.85. The molecule has 0 saturated carbocycles. The number of primary amides is 1. The van der Waals surface area contributed by atoms with Gasteiger partial charge in [0, 0.05) is 4.88 Å². The van der Waals surface area contributed by atoms with Crippen LogP contribution in [0.2, 0.25) is 0 Å². The van der Waals surface area contributed by atoms with E-state index in [4.69, 9.17) is 10.2 Å². The molecule has 3 rings (SSSR count). The molecule has 1 aliphatic carbocycles. The van der Waals surface area contributed by atoms with Gasteiger partial charge in [-0.3, -0.25) is 9.59 Å². The van der Waals surface area contributed by atoms with Gasteiger partial charge in [0.25, 0.3) is 11.8 Å². The van der Waals surface area contributed by atoms with Crippen LogP contribution in [0.5, 0.6) is 0 Å². The molecule has 1 atom stereocenters. The molecule has 0 spiro atoms. The number of fused-ring (bicyclic) bond motifs is 1. The SMILES string of the molecule is C[C@H]1CCc2sc(NC(=O)c3ccco3)c(C(N)=O)c2C1. The first kappa shape index (κ1) is 13.9. The van der Waals surface area contributed by atoms with Crippen LogP contribution in [-0.4, -0.2) is 11.8 Å². The van der Waals surface area contributed by atoms with E-state index in [-0.39, 0.29) is 11.7 Å². The second-order valence-electron chi connectivity index (χ2n) is 5.35. The van der Waals surface area contributed by atoms with Gasteiger partial charge >= 0.3 is 0 Å². The molecular formula is C15H16N2O3S. The molecule has 2 aromatic heterocycles. The highest BCUT2D eigenvalue weighted by Crippen LogP contribution is 2.39. The fourth-order valence-corrected chi connectivity index (χ4v) is 3.92. The van der Waals surface area contributed by atoms with Gasteiger partial charge in [0.15, 0.2) is 5.76 Å². The molecule has 0 unspecified atom stereocenters. The van der Waals surface area contributed by atoms with Crippen molar-refractivity contribution in [1.82, 2.24) is 0 Å². The van der Waals surface area contributed by atoms with E-state index < -0.39 is 5.91 Å². The minimum absolute atomic E-state index is 0.213. The van der Waals surface area contributed by atoms with Crippen molar-refractivity contribution in [3.05, 3.63) is 40.2 Å². The van der Waals surface area contributed by atoms with E-state index in [9.17, 15) is 9.59 Å². The lowest BCUT2D eigenvalue weighted by Gasteiger charge is -2.18. The van der Waals surface area contributed by atoms with E-state index in [1.54, 1.807) is 12.1 Å². The van der Waals surface area contributed by atoms with Crippen LogP contribution < -0.4 is 11.1 Å². The Bertz CT molecular complexity index is 688. The monoisotopic (exact) mass is 304 g/mol. The Morgan fingerprint density at radius 3 is 2.95 bits per heavy atom. The largest absolute Gasteiger partial charge is 0.459 e. The maximum absolute atomic E-state index is 12.1. The van der Waals surface area contributed by atoms with Crippen molar-refractivity contribution in [2.75, 3.05) is 5.32 Å². The van der Waals surface area contributed by atoms with Gasteiger partial charge in [0.1, 0.15) is 5.00 Å². The molecule has 2 amide bonds. The van der Waals surface area contributed by atoms with Crippen LogP contribution in [0.3, 0.4) is 0 Å². The van der Waals surface area contributed by atoms with Crippen LogP contribution >= 0.6 is 11.3 Å². The summed E-state index contributed by atoms with van der Waals surface area (Å²) < 4.78 is 5.06. The number of carbonyl (C=O) groups excluding carboxylic acids is 2. The van der Waals surface area contributed by atoms with Crippen LogP contribution in [0.15, 0.2) is 22.8 Å². The smallest absolute Gasteiger partial charge is 0.291 e. The quantitative estimate of drug-likeness (QED) is 0.914. The lowest BCUT2D eigenvalue weighted by atomic mass is 9.87. The van der Waals surface area contributed by atoms with Crippen molar-refractivity contribution < 1.29 is 14.0 Å². The third-order valence-electron chi connectivity index (χ3n) is 3.73. The van der Waals surface area contributed by atoms with Crippen molar-refractivity contribution in [1.29, 1.82) is 0 Å². The number of nitrogens with one attached hydrogen (secondary N) is 1. The van der Waals surface area contributed by atoms with E-state index in [1.165, 1.54) is 17.6 Å². The predicted molar refractivity (Wildman–Crippen MR) is 80.7 cm³/mol. The molecule has 3 N–H and O–H groups in total. The third kappa shape index (κ3) is 2.58. The van der Waals surface area contributed by atoms with Crippen molar-refractivity contribution in [2.45, 2.75) is 26.2 Å². The Morgan fingerprint density at radius 2 is 2.29 bits per heavy atom. The summed E-state index contributed by atoms with van der Waals surface area (Å²) in [5.41, 5.74) is 6.98. The number of anilines is 1. The van der Waals surface area contributed by atoms with Crippen LogP contribution in [0.4, 0.5) is 5.00 Å². The average Bonchev–Trinajstić information content (AvgIpc) is 3.04. The fraction of sp³-hybridized carbons (Fsp3) is 0.333. The number of nitrogens with two attached hydrogens (primary N) is 1. The molecule has 110 valence electrons. The summed E-state index contributed by atoms with van der Waals surface area (Å²) in [5.74, 6) is -0.116. The number of amides is 2. The summed E-state index contributed by atoms with van der Waals surface area (Å²) in [6.07, 6.45) is 4.29. The Hall–Kier alpha value is -2.08. The van der Waals surface area contributed by atoms with Crippen LogP contribution in [-0.2, 0) is 12.8 Å². The second kappa shape index (κ2) is 5.37. The lowest BCUT2D eigenvalue weighted by molar-refractivity contribution is 0.0997. The number of thiophene rings is 1. The summed E-state index contributed by atoms with van der Waals surface area (Å²) in [6, 6.07) is 3.22. The van der Waals surface area contributed by atoms with Gasteiger partial charge in [-0.05, 0) is 42.9 Å². The zero-order valence-electron chi connectivity index (χ0n) is 11.6. The molecule has 2 aromatic rings. The highest BCUT2D eigenvalue weighted by atomic mass is 32.1. The highest BCUT2D eigenvalue weighted by Gasteiger charge is 2.27. The highest BCUT2D eigenvalue weighted by molar-refractivity contribution is 7.17. The minimum atomic E-state index is -0.489. The summed E-state index contributed by atoms with van der Waals surface area (Å²) >= 11 is 1.44. The standard InChI is InChI=1S/C15H16N2O3S/c1-8-4-5-11-9(7-8)12(13(16)18)15(21-11)17-14(19)10-3-2-6-20-10/h2-3,6,8H,4-5,7H2,1H3,(H2,16,18)(H,17,19)/t8-/m0/s1. The molecule has 0 fully saturated rings. The zero-order chi connectivity index (χ0) is 15.0. The number of hydrogen-bond acceptors (Lipinski definition) is 4. The third-order valence-corrected chi connectivity index (χ3v) is 4.93. The van der Waals surface area contributed by atoms with Gasteiger partial charge in [-0.25, -0.2) is 0 Å². The van der Waals surface area contributed by atoms with E-state index in [1.807, 2.05) is 0 Å². The van der Waals surface area contributed by atoms with Gasteiger partial charge in [0.05, 0.1) is 11.8 Å². The number of aryl methyl sites for hydroxylation is 1. The van der Waals surface area contributed by atoms with Crippen molar-refractivity contribution >= 4 is 28.2 Å². The van der Waals surface area contributed by atoms with Gasteiger partial charge in [-0.1, -0.05) is 6.92 Å².